The van der Waals surface area contributed by atoms with Crippen molar-refractivity contribution in [3.63, 3.8) is 0 Å². The molecule has 1 aromatic heterocycles. The van der Waals surface area contributed by atoms with Gasteiger partial charge in [0.1, 0.15) is 11.9 Å². The van der Waals surface area contributed by atoms with E-state index in [0.717, 1.165) is 12.1 Å². The van der Waals surface area contributed by atoms with Crippen molar-refractivity contribution in [1.82, 2.24) is 20.3 Å². The van der Waals surface area contributed by atoms with Crippen molar-refractivity contribution >= 4 is 11.6 Å². The standard InChI is InChI=1S/C21H17F3N6O2/c22-21(23,24)14-2-1-3-15(10-14)27-19-28-18(17-12-26-8-9-31-17)29-20(30-19)32-16-6-4-13(11-25)5-7-16/h1-7,10,17,26H,8-9,12H2,(H,27,28,29,30). The van der Waals surface area contributed by atoms with Crippen molar-refractivity contribution in [2.75, 3.05) is 25.0 Å². The van der Waals surface area contributed by atoms with Gasteiger partial charge in [-0.25, -0.2) is 0 Å². The van der Waals surface area contributed by atoms with Crippen LogP contribution >= 0.6 is 0 Å². The van der Waals surface area contributed by atoms with Crippen LogP contribution in [0.25, 0.3) is 0 Å². The number of rotatable bonds is 5. The molecule has 1 unspecified atom stereocenters. The molecule has 1 saturated heterocycles. The normalized spacial score (nSPS) is 16.2. The second-order valence-corrected chi connectivity index (χ2v) is 6.81. The van der Waals surface area contributed by atoms with E-state index in [1.54, 1.807) is 24.3 Å². The summed E-state index contributed by atoms with van der Waals surface area (Å²) in [5.74, 6) is 0.659. The molecule has 32 heavy (non-hydrogen) atoms. The van der Waals surface area contributed by atoms with Crippen LogP contribution in [0.15, 0.2) is 48.5 Å². The highest BCUT2D eigenvalue weighted by molar-refractivity contribution is 5.55. The van der Waals surface area contributed by atoms with Crippen molar-refractivity contribution < 1.29 is 22.6 Å². The maximum atomic E-state index is 13.0. The number of hydrogen-bond donors (Lipinski definition) is 2. The molecule has 8 nitrogen and oxygen atoms in total. The number of morpholine rings is 1. The van der Waals surface area contributed by atoms with Crippen molar-refractivity contribution in [2.24, 2.45) is 0 Å². The highest BCUT2D eigenvalue weighted by atomic mass is 19.4. The Morgan fingerprint density at radius 1 is 1.12 bits per heavy atom. The smallest absolute Gasteiger partial charge is 0.416 e. The van der Waals surface area contributed by atoms with E-state index >= 15 is 0 Å². The molecule has 0 amide bonds. The van der Waals surface area contributed by atoms with Gasteiger partial charge in [-0.3, -0.25) is 0 Å². The minimum atomic E-state index is -4.48. The summed E-state index contributed by atoms with van der Waals surface area (Å²) in [7, 11) is 0. The van der Waals surface area contributed by atoms with Gasteiger partial charge in [-0.05, 0) is 42.5 Å². The monoisotopic (exact) mass is 442 g/mol. The van der Waals surface area contributed by atoms with Gasteiger partial charge in [0, 0.05) is 18.8 Å². The van der Waals surface area contributed by atoms with Crippen molar-refractivity contribution in [2.45, 2.75) is 12.3 Å². The van der Waals surface area contributed by atoms with Crippen LogP contribution in [0.3, 0.4) is 0 Å². The molecule has 0 radical (unpaired) electrons. The average molecular weight is 442 g/mol. The Morgan fingerprint density at radius 2 is 1.94 bits per heavy atom. The number of aromatic nitrogens is 3. The van der Waals surface area contributed by atoms with E-state index in [0.29, 0.717) is 31.0 Å². The first kappa shape index (κ1) is 21.5. The van der Waals surface area contributed by atoms with Gasteiger partial charge in [0.05, 0.1) is 23.8 Å². The Balaban J connectivity index is 1.64. The Bertz CT molecular complexity index is 1130. The lowest BCUT2D eigenvalue weighted by Gasteiger charge is -2.22. The van der Waals surface area contributed by atoms with Crippen LogP contribution < -0.4 is 15.4 Å². The highest BCUT2D eigenvalue weighted by Gasteiger charge is 2.30. The van der Waals surface area contributed by atoms with Gasteiger partial charge in [-0.15, -0.1) is 0 Å². The first-order valence-corrected chi connectivity index (χ1v) is 9.61. The number of alkyl halides is 3. The summed E-state index contributed by atoms with van der Waals surface area (Å²) in [6.45, 7) is 1.60. The summed E-state index contributed by atoms with van der Waals surface area (Å²) in [6, 6.07) is 13.0. The molecular weight excluding hydrogens is 425 g/mol. The first-order valence-electron chi connectivity index (χ1n) is 9.61. The number of anilines is 2. The van der Waals surface area contributed by atoms with Crippen molar-refractivity contribution in [3.05, 3.63) is 65.5 Å². The zero-order valence-electron chi connectivity index (χ0n) is 16.6. The Morgan fingerprint density at radius 3 is 2.62 bits per heavy atom. The summed E-state index contributed by atoms with van der Waals surface area (Å²) < 4.78 is 50.5. The van der Waals surface area contributed by atoms with E-state index in [2.05, 4.69) is 25.6 Å². The van der Waals surface area contributed by atoms with Gasteiger partial charge in [-0.2, -0.15) is 33.4 Å². The van der Waals surface area contributed by atoms with Crippen molar-refractivity contribution in [1.29, 1.82) is 5.26 Å². The largest absolute Gasteiger partial charge is 0.424 e. The third-order valence-corrected chi connectivity index (χ3v) is 4.49. The van der Waals surface area contributed by atoms with E-state index < -0.39 is 17.8 Å². The predicted octanol–water partition coefficient (Wildman–Crippen LogP) is 3.96. The molecule has 11 heteroatoms. The third-order valence-electron chi connectivity index (χ3n) is 4.49. The maximum absolute atomic E-state index is 13.0. The van der Waals surface area contributed by atoms with E-state index in [1.807, 2.05) is 6.07 Å². The molecule has 0 saturated carbocycles. The van der Waals surface area contributed by atoms with Crippen LogP contribution in [-0.2, 0) is 10.9 Å². The summed E-state index contributed by atoms with van der Waals surface area (Å²) in [4.78, 5) is 12.8. The molecule has 4 rings (SSSR count). The summed E-state index contributed by atoms with van der Waals surface area (Å²) >= 11 is 0. The fraction of sp³-hybridized carbons (Fsp3) is 0.238. The number of ether oxygens (including phenoxy) is 2. The van der Waals surface area contributed by atoms with E-state index in [9.17, 15) is 13.2 Å². The highest BCUT2D eigenvalue weighted by Crippen LogP contribution is 2.31. The number of nitrogens with one attached hydrogen (secondary N) is 2. The van der Waals surface area contributed by atoms with Gasteiger partial charge >= 0.3 is 12.2 Å². The molecule has 0 spiro atoms. The molecule has 2 N–H and O–H groups in total. The minimum Gasteiger partial charge on any atom is -0.424 e. The first-order chi connectivity index (χ1) is 15.4. The van der Waals surface area contributed by atoms with E-state index in [4.69, 9.17) is 14.7 Å². The molecule has 164 valence electrons. The third kappa shape index (κ3) is 5.29. The molecule has 1 atom stereocenters. The molecule has 2 heterocycles. The lowest BCUT2D eigenvalue weighted by atomic mass is 10.2. The Labute approximate surface area is 181 Å². The Kier molecular flexibility index (Phi) is 6.16. The molecule has 3 aromatic rings. The minimum absolute atomic E-state index is 0.00661. The van der Waals surface area contributed by atoms with Crippen molar-refractivity contribution in [3.8, 4) is 17.8 Å². The van der Waals surface area contributed by atoms with Crippen LogP contribution in [0.4, 0.5) is 24.8 Å². The molecular formula is C21H17F3N6O2. The second-order valence-electron chi connectivity index (χ2n) is 6.81. The number of nitrogens with zero attached hydrogens (tertiary/aromatic N) is 4. The van der Waals surface area contributed by atoms with Crippen LogP contribution in [0.2, 0.25) is 0 Å². The summed E-state index contributed by atoms with van der Waals surface area (Å²) in [5, 5.41) is 14.9. The second kappa shape index (κ2) is 9.17. The van der Waals surface area contributed by atoms with Gasteiger partial charge in [-0.1, -0.05) is 6.07 Å². The van der Waals surface area contributed by atoms with Gasteiger partial charge in [0.15, 0.2) is 5.82 Å². The van der Waals surface area contributed by atoms with E-state index in [1.165, 1.54) is 12.1 Å². The van der Waals surface area contributed by atoms with Gasteiger partial charge in [0.2, 0.25) is 5.95 Å². The summed E-state index contributed by atoms with van der Waals surface area (Å²) in [5.41, 5.74) is -0.183. The predicted molar refractivity (Wildman–Crippen MR) is 107 cm³/mol. The molecule has 1 aliphatic heterocycles. The lowest BCUT2D eigenvalue weighted by Crippen LogP contribution is -2.34. The van der Waals surface area contributed by atoms with Gasteiger partial charge in [0.25, 0.3) is 0 Å². The molecule has 1 fully saturated rings. The fourth-order valence-corrected chi connectivity index (χ4v) is 2.95. The van der Waals surface area contributed by atoms with Gasteiger partial charge < -0.3 is 20.1 Å². The molecule has 1 aliphatic rings. The van der Waals surface area contributed by atoms with Crippen LogP contribution in [0.5, 0.6) is 11.8 Å². The molecule has 0 aliphatic carbocycles. The number of halogens is 3. The zero-order chi connectivity index (χ0) is 22.6. The number of nitriles is 1. The maximum Gasteiger partial charge on any atom is 0.416 e. The van der Waals surface area contributed by atoms with Crippen LogP contribution in [0, 0.1) is 11.3 Å². The number of benzene rings is 2. The van der Waals surface area contributed by atoms with Crippen LogP contribution in [0.1, 0.15) is 23.1 Å². The molecule has 0 bridgehead atoms. The Hall–Kier alpha value is -3.75. The van der Waals surface area contributed by atoms with Crippen LogP contribution in [-0.4, -0.2) is 34.6 Å². The zero-order valence-corrected chi connectivity index (χ0v) is 16.6. The van der Waals surface area contributed by atoms with E-state index in [-0.39, 0.29) is 23.5 Å². The average Bonchev–Trinajstić information content (AvgIpc) is 2.80. The topological polar surface area (TPSA) is 105 Å². The molecule has 2 aromatic carbocycles. The number of hydrogen-bond acceptors (Lipinski definition) is 8. The lowest BCUT2D eigenvalue weighted by molar-refractivity contribution is -0.137. The quantitative estimate of drug-likeness (QED) is 0.612. The fourth-order valence-electron chi connectivity index (χ4n) is 2.95. The SMILES string of the molecule is N#Cc1ccc(Oc2nc(Nc3cccc(C(F)(F)F)c3)nc(C3CNCCO3)n2)cc1. The summed E-state index contributed by atoms with van der Waals surface area (Å²) in [6.07, 6.45) is -4.95.